The van der Waals surface area contributed by atoms with Crippen LogP contribution in [0.2, 0.25) is 0 Å². The highest BCUT2D eigenvalue weighted by Crippen LogP contribution is 2.27. The fourth-order valence-electron chi connectivity index (χ4n) is 3.42. The molecule has 3 rings (SSSR count). The molecule has 1 aliphatic rings. The van der Waals surface area contributed by atoms with E-state index in [1.807, 2.05) is 34.5 Å². The van der Waals surface area contributed by atoms with Gasteiger partial charge < -0.3 is 20.8 Å². The number of benzene rings is 1. The van der Waals surface area contributed by atoms with E-state index in [1.54, 1.807) is 12.1 Å². The third-order valence-electron chi connectivity index (χ3n) is 4.98. The largest absolute Gasteiger partial charge is 0.465 e. The van der Waals surface area contributed by atoms with Gasteiger partial charge in [0.2, 0.25) is 5.91 Å². The monoisotopic (exact) mass is 508 g/mol. The molecule has 0 saturated carbocycles. The van der Waals surface area contributed by atoms with Crippen LogP contribution in [-0.4, -0.2) is 69.1 Å². The van der Waals surface area contributed by atoms with Gasteiger partial charge in [-0.2, -0.15) is 11.8 Å². The van der Waals surface area contributed by atoms with Crippen molar-refractivity contribution in [1.82, 2.24) is 20.5 Å². The molecule has 34 heavy (non-hydrogen) atoms. The molecule has 3 amide bonds. The highest BCUT2D eigenvalue weighted by Gasteiger charge is 2.18. The number of anilines is 2. The topological polar surface area (TPSA) is 156 Å². The molecule has 11 nitrogen and oxygen atoms in total. The van der Waals surface area contributed by atoms with Crippen LogP contribution in [0.25, 0.3) is 0 Å². The summed E-state index contributed by atoms with van der Waals surface area (Å²) < 4.78 is 0. The standard InChI is InChI=1S/C21H28N6O5S2/c1-13(28)22-19-24-16(17(34-19)12-27-8-10-33-11-9-27)7-4-14-2-5-15(6-3-14)23-18(25-20(29)30)26-21(31)32/h2-3,5-6,18,23,25-26H,4,7-12H2,1H3,(H,29,30)(H,31,32)(H,22,24,28). The Labute approximate surface area is 205 Å². The summed E-state index contributed by atoms with van der Waals surface area (Å²) in [6, 6.07) is 7.30. The van der Waals surface area contributed by atoms with Crippen LogP contribution < -0.4 is 21.3 Å². The van der Waals surface area contributed by atoms with Gasteiger partial charge in [-0.15, -0.1) is 11.3 Å². The third kappa shape index (κ3) is 8.39. The third-order valence-corrected chi connectivity index (χ3v) is 6.92. The van der Waals surface area contributed by atoms with Gasteiger partial charge in [0.1, 0.15) is 0 Å². The van der Waals surface area contributed by atoms with Gasteiger partial charge in [-0.25, -0.2) is 14.6 Å². The van der Waals surface area contributed by atoms with Crippen molar-refractivity contribution in [2.45, 2.75) is 32.6 Å². The zero-order valence-corrected chi connectivity index (χ0v) is 20.3. The number of hydrogen-bond acceptors (Lipinski definition) is 8. The van der Waals surface area contributed by atoms with E-state index in [-0.39, 0.29) is 5.91 Å². The Morgan fingerprint density at radius 3 is 2.29 bits per heavy atom. The molecule has 0 unspecified atom stereocenters. The number of thioether (sulfide) groups is 1. The van der Waals surface area contributed by atoms with E-state index in [0.29, 0.717) is 17.2 Å². The quantitative estimate of drug-likeness (QED) is 0.266. The number of carboxylic acid groups (broad SMARTS) is 2. The molecule has 0 atom stereocenters. The Hall–Kier alpha value is -3.03. The molecule has 184 valence electrons. The smallest absolute Gasteiger partial charge is 0.407 e. The van der Waals surface area contributed by atoms with Gasteiger partial charge >= 0.3 is 12.2 Å². The molecule has 1 aromatic carbocycles. The summed E-state index contributed by atoms with van der Waals surface area (Å²) in [6.07, 6.45) is -2.45. The number of aromatic nitrogens is 1. The van der Waals surface area contributed by atoms with Crippen molar-refractivity contribution in [3.8, 4) is 0 Å². The van der Waals surface area contributed by atoms with Crippen LogP contribution in [0, 0.1) is 0 Å². The second-order valence-electron chi connectivity index (χ2n) is 7.63. The van der Waals surface area contributed by atoms with Crippen LogP contribution in [0.3, 0.4) is 0 Å². The SMILES string of the molecule is CC(=O)Nc1nc(CCc2ccc(NC(NC(=O)O)NC(=O)O)cc2)c(CN2CCSCC2)s1. The maximum absolute atomic E-state index is 11.5. The van der Waals surface area contributed by atoms with Crippen LogP contribution in [0.4, 0.5) is 20.4 Å². The summed E-state index contributed by atoms with van der Waals surface area (Å²) in [5.74, 6) is 2.10. The number of hydrogen-bond donors (Lipinski definition) is 6. The lowest BCUT2D eigenvalue weighted by molar-refractivity contribution is -0.114. The fraction of sp³-hybridized carbons (Fsp3) is 0.429. The maximum atomic E-state index is 11.5. The van der Waals surface area contributed by atoms with Crippen molar-refractivity contribution in [3.63, 3.8) is 0 Å². The number of aryl methyl sites for hydroxylation is 2. The second kappa shape index (κ2) is 12.4. The molecule has 0 aliphatic carbocycles. The number of carbonyl (C=O) groups excluding carboxylic acids is 1. The molecule has 2 heterocycles. The van der Waals surface area contributed by atoms with E-state index >= 15 is 0 Å². The van der Waals surface area contributed by atoms with Gasteiger partial charge in [0.25, 0.3) is 0 Å². The minimum atomic E-state index is -1.36. The number of amides is 3. The Kier molecular flexibility index (Phi) is 9.36. The zero-order chi connectivity index (χ0) is 24.5. The van der Waals surface area contributed by atoms with E-state index in [4.69, 9.17) is 10.2 Å². The molecule has 13 heteroatoms. The van der Waals surface area contributed by atoms with Gasteiger partial charge in [0.05, 0.1) is 5.69 Å². The van der Waals surface area contributed by atoms with Crippen LogP contribution in [0.1, 0.15) is 23.1 Å². The minimum Gasteiger partial charge on any atom is -0.465 e. The normalized spacial score (nSPS) is 13.9. The molecule has 0 spiro atoms. The molecule has 0 radical (unpaired) electrons. The van der Waals surface area contributed by atoms with Crippen molar-refractivity contribution in [1.29, 1.82) is 0 Å². The van der Waals surface area contributed by atoms with E-state index in [2.05, 4.69) is 20.5 Å². The lowest BCUT2D eigenvalue weighted by Gasteiger charge is -2.25. The highest BCUT2D eigenvalue weighted by molar-refractivity contribution is 7.99. The van der Waals surface area contributed by atoms with Gasteiger partial charge in [-0.3, -0.25) is 20.3 Å². The fourth-order valence-corrected chi connectivity index (χ4v) is 5.50. The Morgan fingerprint density at radius 1 is 1.06 bits per heavy atom. The summed E-state index contributed by atoms with van der Waals surface area (Å²) >= 11 is 3.49. The number of nitrogens with zero attached hydrogens (tertiary/aromatic N) is 2. The second-order valence-corrected chi connectivity index (χ2v) is 9.94. The first kappa shape index (κ1) is 25.6. The van der Waals surface area contributed by atoms with Crippen molar-refractivity contribution >= 4 is 52.0 Å². The highest BCUT2D eigenvalue weighted by atomic mass is 32.2. The first-order valence-corrected chi connectivity index (χ1v) is 12.7. The average Bonchev–Trinajstić information content (AvgIpc) is 3.13. The minimum absolute atomic E-state index is 0.141. The summed E-state index contributed by atoms with van der Waals surface area (Å²) in [5, 5.41) is 28.0. The predicted octanol–water partition coefficient (Wildman–Crippen LogP) is 2.67. The molecule has 2 aromatic rings. The van der Waals surface area contributed by atoms with Crippen molar-refractivity contribution < 1.29 is 24.6 Å². The number of thiazole rings is 1. The first-order valence-electron chi connectivity index (χ1n) is 10.7. The molecule has 0 bridgehead atoms. The summed E-state index contributed by atoms with van der Waals surface area (Å²) in [5.41, 5.74) is 2.58. The van der Waals surface area contributed by atoms with Crippen LogP contribution in [0.15, 0.2) is 24.3 Å². The molecule has 1 aromatic heterocycles. The molecule has 6 N–H and O–H groups in total. The summed E-state index contributed by atoms with van der Waals surface area (Å²) in [6.45, 7) is 4.38. The summed E-state index contributed by atoms with van der Waals surface area (Å²) in [4.78, 5) is 41.4. The van der Waals surface area contributed by atoms with Gasteiger partial charge in [0, 0.05) is 48.6 Å². The number of rotatable bonds is 10. The molecular weight excluding hydrogens is 480 g/mol. The van der Waals surface area contributed by atoms with Crippen molar-refractivity contribution in [2.24, 2.45) is 0 Å². The molecule has 1 aliphatic heterocycles. The Morgan fingerprint density at radius 2 is 1.71 bits per heavy atom. The van der Waals surface area contributed by atoms with Crippen LogP contribution >= 0.6 is 23.1 Å². The lowest BCUT2D eigenvalue weighted by atomic mass is 10.1. The van der Waals surface area contributed by atoms with Gasteiger partial charge in [-0.05, 0) is 30.5 Å². The van der Waals surface area contributed by atoms with Gasteiger partial charge in [-0.1, -0.05) is 12.1 Å². The average molecular weight is 509 g/mol. The van der Waals surface area contributed by atoms with Crippen LogP contribution in [0.5, 0.6) is 0 Å². The first-order chi connectivity index (χ1) is 16.3. The Bertz CT molecular complexity index is 978. The molecule has 1 fully saturated rings. The number of nitrogens with one attached hydrogen (secondary N) is 4. The summed E-state index contributed by atoms with van der Waals surface area (Å²) in [7, 11) is 0. The predicted molar refractivity (Wildman–Crippen MR) is 133 cm³/mol. The van der Waals surface area contributed by atoms with E-state index < -0.39 is 18.5 Å². The molecular formula is C21H28N6O5S2. The van der Waals surface area contributed by atoms with Crippen LogP contribution in [-0.2, 0) is 24.2 Å². The lowest BCUT2D eigenvalue weighted by Crippen LogP contribution is -2.52. The van der Waals surface area contributed by atoms with E-state index in [0.717, 1.165) is 53.7 Å². The zero-order valence-electron chi connectivity index (χ0n) is 18.7. The number of carbonyl (C=O) groups is 3. The molecule has 1 saturated heterocycles. The van der Waals surface area contributed by atoms with E-state index in [1.165, 1.54) is 18.3 Å². The van der Waals surface area contributed by atoms with Crippen molar-refractivity contribution in [3.05, 3.63) is 40.4 Å². The Balaban J connectivity index is 1.63. The maximum Gasteiger partial charge on any atom is 0.407 e. The van der Waals surface area contributed by atoms with E-state index in [9.17, 15) is 14.4 Å². The van der Waals surface area contributed by atoms with Gasteiger partial charge in [0.15, 0.2) is 11.4 Å². The van der Waals surface area contributed by atoms with Crippen molar-refractivity contribution in [2.75, 3.05) is 35.2 Å².